The molecule has 0 bridgehead atoms. The molecule has 3 heteroatoms. The van der Waals surface area contributed by atoms with E-state index in [1.54, 1.807) is 0 Å². The van der Waals surface area contributed by atoms with Crippen LogP contribution in [-0.2, 0) is 9.47 Å². The molecule has 0 atom stereocenters. The zero-order valence-electron chi connectivity index (χ0n) is 7.22. The van der Waals surface area contributed by atoms with Crippen LogP contribution in [0.3, 0.4) is 0 Å². The lowest BCUT2D eigenvalue weighted by Gasteiger charge is -2.36. The maximum absolute atomic E-state index is 6.01. The van der Waals surface area contributed by atoms with E-state index >= 15 is 0 Å². The van der Waals surface area contributed by atoms with Crippen LogP contribution in [0.5, 0.6) is 0 Å². The van der Waals surface area contributed by atoms with E-state index in [-0.39, 0.29) is 5.60 Å². The number of hydrogen-bond donors (Lipinski definition) is 0. The van der Waals surface area contributed by atoms with E-state index in [9.17, 15) is 0 Å². The summed E-state index contributed by atoms with van der Waals surface area (Å²) in [5.74, 6) is 0. The zero-order valence-corrected chi connectivity index (χ0v) is 8.81. The van der Waals surface area contributed by atoms with Gasteiger partial charge in [-0.25, -0.2) is 0 Å². The predicted molar refractivity (Wildman–Crippen MR) is 50.7 cm³/mol. The molecular weight excluding hydrogens is 220 g/mol. The first-order valence-corrected chi connectivity index (χ1v) is 5.78. The second kappa shape index (κ2) is 3.64. The number of alkyl halides is 1. The van der Waals surface area contributed by atoms with Gasteiger partial charge in [-0.2, -0.15) is 0 Å². The molecule has 1 saturated carbocycles. The van der Waals surface area contributed by atoms with Crippen molar-refractivity contribution in [3.05, 3.63) is 0 Å². The Morgan fingerprint density at radius 1 is 1.33 bits per heavy atom. The molecule has 2 aliphatic rings. The highest BCUT2D eigenvalue weighted by atomic mass is 79.9. The van der Waals surface area contributed by atoms with Crippen molar-refractivity contribution < 1.29 is 9.47 Å². The van der Waals surface area contributed by atoms with Gasteiger partial charge < -0.3 is 9.47 Å². The second-order valence-electron chi connectivity index (χ2n) is 3.80. The molecule has 2 rings (SSSR count). The molecule has 0 unspecified atom stereocenters. The van der Waals surface area contributed by atoms with E-state index in [4.69, 9.17) is 9.47 Å². The fourth-order valence-electron chi connectivity index (χ4n) is 1.94. The summed E-state index contributed by atoms with van der Waals surface area (Å²) in [5.41, 5.74) is 0.147. The average Bonchev–Trinajstić information content (AvgIpc) is 2.46. The molecule has 0 aromatic carbocycles. The third-order valence-corrected chi connectivity index (χ3v) is 3.80. The highest BCUT2D eigenvalue weighted by Crippen LogP contribution is 2.36. The molecule has 2 fully saturated rings. The molecule has 1 aliphatic carbocycles. The van der Waals surface area contributed by atoms with Gasteiger partial charge in [0.1, 0.15) is 6.10 Å². The Kier molecular flexibility index (Phi) is 2.72. The van der Waals surface area contributed by atoms with E-state index in [2.05, 4.69) is 15.9 Å². The van der Waals surface area contributed by atoms with Gasteiger partial charge in [0.25, 0.3) is 0 Å². The van der Waals surface area contributed by atoms with Gasteiger partial charge in [0.15, 0.2) is 0 Å². The summed E-state index contributed by atoms with van der Waals surface area (Å²) in [7, 11) is 0. The molecule has 70 valence electrons. The van der Waals surface area contributed by atoms with Gasteiger partial charge in [0.2, 0.25) is 0 Å². The lowest BCUT2D eigenvalue weighted by atomic mass is 10.0. The Labute approximate surface area is 81.7 Å². The first-order valence-electron chi connectivity index (χ1n) is 4.66. The van der Waals surface area contributed by atoms with E-state index in [0.717, 1.165) is 18.5 Å². The Morgan fingerprint density at radius 3 is 2.42 bits per heavy atom. The van der Waals surface area contributed by atoms with Crippen molar-refractivity contribution in [1.82, 2.24) is 0 Å². The third-order valence-electron chi connectivity index (χ3n) is 2.78. The maximum atomic E-state index is 6.01. The summed E-state index contributed by atoms with van der Waals surface area (Å²) in [5, 5.41) is 0.983. The van der Waals surface area contributed by atoms with Crippen LogP contribution in [0.2, 0.25) is 0 Å². The van der Waals surface area contributed by atoms with Crippen LogP contribution in [0, 0.1) is 0 Å². The van der Waals surface area contributed by atoms with Crippen molar-refractivity contribution in [3.63, 3.8) is 0 Å². The average molecular weight is 235 g/mol. The van der Waals surface area contributed by atoms with Crippen molar-refractivity contribution >= 4 is 15.9 Å². The molecule has 0 aromatic heterocycles. The highest BCUT2D eigenvalue weighted by Gasteiger charge is 2.37. The molecule has 0 radical (unpaired) electrons. The van der Waals surface area contributed by atoms with E-state index < -0.39 is 0 Å². The minimum absolute atomic E-state index is 0.147. The maximum Gasteiger partial charge on any atom is 0.105 e. The monoisotopic (exact) mass is 234 g/mol. The second-order valence-corrected chi connectivity index (χ2v) is 4.36. The molecular formula is C9H15BrO2. The van der Waals surface area contributed by atoms with Crippen molar-refractivity contribution in [2.24, 2.45) is 0 Å². The van der Waals surface area contributed by atoms with E-state index in [1.165, 1.54) is 25.7 Å². The van der Waals surface area contributed by atoms with Crippen LogP contribution in [0.25, 0.3) is 0 Å². The molecule has 1 saturated heterocycles. The summed E-state index contributed by atoms with van der Waals surface area (Å²) in [6.45, 7) is 1.60. The van der Waals surface area contributed by atoms with Crippen LogP contribution in [0.4, 0.5) is 0 Å². The highest BCUT2D eigenvalue weighted by molar-refractivity contribution is 9.09. The van der Waals surface area contributed by atoms with Crippen LogP contribution in [0.1, 0.15) is 25.7 Å². The van der Waals surface area contributed by atoms with Gasteiger partial charge in [-0.1, -0.05) is 28.8 Å². The van der Waals surface area contributed by atoms with Crippen LogP contribution in [-0.4, -0.2) is 30.2 Å². The van der Waals surface area contributed by atoms with Gasteiger partial charge in [0.05, 0.1) is 18.8 Å². The third kappa shape index (κ3) is 1.68. The minimum Gasteiger partial charge on any atom is -0.376 e. The molecule has 1 heterocycles. The van der Waals surface area contributed by atoms with Gasteiger partial charge in [-0.05, 0) is 12.8 Å². The summed E-state index contributed by atoms with van der Waals surface area (Å²) < 4.78 is 11.1. The minimum atomic E-state index is 0.147. The lowest BCUT2D eigenvalue weighted by molar-refractivity contribution is -0.183. The Morgan fingerprint density at radius 2 is 2.00 bits per heavy atom. The number of hydrogen-bond acceptors (Lipinski definition) is 2. The molecule has 0 amide bonds. The summed E-state index contributed by atoms with van der Waals surface area (Å²) in [4.78, 5) is 0. The van der Waals surface area contributed by atoms with Crippen molar-refractivity contribution in [2.75, 3.05) is 18.5 Å². The van der Waals surface area contributed by atoms with Crippen LogP contribution < -0.4 is 0 Å². The normalized spacial score (nSPS) is 28.8. The Balaban J connectivity index is 1.87. The largest absolute Gasteiger partial charge is 0.376 e. The molecule has 2 nitrogen and oxygen atoms in total. The summed E-state index contributed by atoms with van der Waals surface area (Å²) in [6, 6.07) is 0. The van der Waals surface area contributed by atoms with E-state index in [1.807, 2.05) is 0 Å². The first-order chi connectivity index (χ1) is 5.85. The fourth-order valence-corrected chi connectivity index (χ4v) is 2.63. The van der Waals surface area contributed by atoms with Gasteiger partial charge in [-0.15, -0.1) is 0 Å². The molecule has 12 heavy (non-hydrogen) atoms. The van der Waals surface area contributed by atoms with E-state index in [0.29, 0.717) is 6.10 Å². The zero-order chi connectivity index (χ0) is 8.44. The smallest absolute Gasteiger partial charge is 0.105 e. The SMILES string of the molecule is BrCC1(OC2COC2)CCCC1. The fraction of sp³-hybridized carbons (Fsp3) is 1.00. The Hall–Kier alpha value is 0.400. The number of ether oxygens (including phenoxy) is 2. The quantitative estimate of drug-likeness (QED) is 0.697. The standard InChI is InChI=1S/C9H15BrO2/c10-7-9(3-1-2-4-9)12-8-5-11-6-8/h8H,1-7H2. The first kappa shape index (κ1) is 8.97. The molecule has 1 aliphatic heterocycles. The number of halogens is 1. The van der Waals surface area contributed by atoms with Gasteiger partial charge in [-0.3, -0.25) is 0 Å². The molecule has 0 N–H and O–H groups in total. The molecule has 0 aromatic rings. The van der Waals surface area contributed by atoms with Crippen molar-refractivity contribution in [3.8, 4) is 0 Å². The summed E-state index contributed by atoms with van der Waals surface area (Å²) >= 11 is 3.55. The lowest BCUT2D eigenvalue weighted by Crippen LogP contribution is -2.45. The van der Waals surface area contributed by atoms with Crippen LogP contribution >= 0.6 is 15.9 Å². The predicted octanol–water partition coefficient (Wildman–Crippen LogP) is 2.11. The van der Waals surface area contributed by atoms with Gasteiger partial charge >= 0.3 is 0 Å². The number of rotatable bonds is 3. The summed E-state index contributed by atoms with van der Waals surface area (Å²) in [6.07, 6.45) is 5.45. The topological polar surface area (TPSA) is 18.5 Å². The van der Waals surface area contributed by atoms with Gasteiger partial charge in [0, 0.05) is 5.33 Å². The molecule has 0 spiro atoms. The van der Waals surface area contributed by atoms with Crippen molar-refractivity contribution in [2.45, 2.75) is 37.4 Å². The van der Waals surface area contributed by atoms with Crippen LogP contribution in [0.15, 0.2) is 0 Å². The Bertz CT molecular complexity index is 151. The van der Waals surface area contributed by atoms with Crippen molar-refractivity contribution in [1.29, 1.82) is 0 Å².